The third-order valence-electron chi connectivity index (χ3n) is 4.91. The minimum atomic E-state index is -0.345. The summed E-state index contributed by atoms with van der Waals surface area (Å²) < 4.78 is 15.9. The van der Waals surface area contributed by atoms with E-state index in [1.54, 1.807) is 18.2 Å². The number of nitrogens with zero attached hydrogens (tertiary/aromatic N) is 5. The summed E-state index contributed by atoms with van der Waals surface area (Å²) in [5, 5.41) is 8.30. The Kier molecular flexibility index (Phi) is 6.32. The molecule has 9 nitrogen and oxygen atoms in total. The maximum absolute atomic E-state index is 12.1. The molecule has 4 rings (SSSR count). The molecule has 0 spiro atoms. The van der Waals surface area contributed by atoms with Gasteiger partial charge in [-0.1, -0.05) is 24.3 Å². The molecule has 0 radical (unpaired) electrons. The molecule has 0 aliphatic carbocycles. The molecule has 0 bridgehead atoms. The topological polar surface area (TPSA) is 103 Å². The highest BCUT2D eigenvalue weighted by molar-refractivity contribution is 5.72. The Morgan fingerprint density at radius 1 is 1.19 bits per heavy atom. The zero-order chi connectivity index (χ0) is 21.6. The predicted molar refractivity (Wildman–Crippen MR) is 115 cm³/mol. The van der Waals surface area contributed by atoms with Gasteiger partial charge in [0.15, 0.2) is 0 Å². The summed E-state index contributed by atoms with van der Waals surface area (Å²) in [6, 6.07) is 9.57. The van der Waals surface area contributed by atoms with E-state index in [-0.39, 0.29) is 14.1 Å². The summed E-state index contributed by atoms with van der Waals surface area (Å²) >= 11 is 0. The van der Waals surface area contributed by atoms with Crippen molar-refractivity contribution in [3.8, 4) is 23.0 Å². The Hall–Kier alpha value is -3.59. The number of rotatable bonds is 6. The molecule has 3 aromatic rings. The van der Waals surface area contributed by atoms with Crippen molar-refractivity contribution < 1.29 is 20.1 Å². The molecule has 162 valence electrons. The second-order valence-electron chi connectivity index (χ2n) is 7.00. The standard InChI is InChI=1S/C22H23N5O4.H2/c1-15-19(21-26-25-20(31-21)17-6-4-3-5-7-17)24-18(14-23-15)16-8-10-27(11-9-16)22(28)30-13-12-29-2;/h3-8,14H,9-13H2,1-2H3;1H. The van der Waals surface area contributed by atoms with E-state index >= 15 is 0 Å². The lowest BCUT2D eigenvalue weighted by molar-refractivity contribution is 0.0741. The van der Waals surface area contributed by atoms with Crippen molar-refractivity contribution in [2.24, 2.45) is 0 Å². The van der Waals surface area contributed by atoms with Crippen LogP contribution in [-0.4, -0.2) is 64.6 Å². The first-order chi connectivity index (χ1) is 15.2. The number of carbonyl (C=O) groups is 1. The van der Waals surface area contributed by atoms with Gasteiger partial charge in [-0.25, -0.2) is 9.78 Å². The lowest BCUT2D eigenvalue weighted by Crippen LogP contribution is -2.35. The number of hydrogen-bond donors (Lipinski definition) is 0. The van der Waals surface area contributed by atoms with Crippen LogP contribution in [0.2, 0.25) is 0 Å². The minimum absolute atomic E-state index is 0. The minimum Gasteiger partial charge on any atom is -0.447 e. The van der Waals surface area contributed by atoms with Crippen LogP contribution in [0.15, 0.2) is 47.0 Å². The van der Waals surface area contributed by atoms with E-state index in [2.05, 4.69) is 15.2 Å². The van der Waals surface area contributed by atoms with Crippen LogP contribution >= 0.6 is 0 Å². The normalized spacial score (nSPS) is 13.7. The Balaban J connectivity index is 0.00000289. The lowest BCUT2D eigenvalue weighted by Gasteiger charge is -2.25. The Bertz CT molecular complexity index is 1090. The van der Waals surface area contributed by atoms with Gasteiger partial charge in [-0.15, -0.1) is 10.2 Å². The third kappa shape index (κ3) is 4.77. The number of carbonyl (C=O) groups excluding carboxylic acids is 1. The van der Waals surface area contributed by atoms with Crippen LogP contribution < -0.4 is 0 Å². The SMILES string of the molecule is COCCOC(=O)N1CC=C(c2cnc(C)c(-c3nnc(-c4ccccc4)o3)n2)CC1.[HH]. The summed E-state index contributed by atoms with van der Waals surface area (Å²) in [4.78, 5) is 22.9. The number of methoxy groups -OCH3 is 1. The fourth-order valence-electron chi connectivity index (χ4n) is 3.19. The summed E-state index contributed by atoms with van der Waals surface area (Å²) in [6.45, 7) is 3.46. The number of aromatic nitrogens is 4. The first-order valence-electron chi connectivity index (χ1n) is 9.98. The molecule has 1 aromatic carbocycles. The molecular formula is C22H25N5O4. The zero-order valence-electron chi connectivity index (χ0n) is 17.4. The van der Waals surface area contributed by atoms with Gasteiger partial charge in [0.2, 0.25) is 5.89 Å². The number of aryl methyl sites for hydroxylation is 1. The maximum atomic E-state index is 12.1. The number of ether oxygens (including phenoxy) is 2. The Labute approximate surface area is 181 Å². The first kappa shape index (κ1) is 20.7. The average molecular weight is 423 g/mol. The lowest BCUT2D eigenvalue weighted by atomic mass is 10.1. The summed E-state index contributed by atoms with van der Waals surface area (Å²) in [5.41, 5.74) is 3.83. The molecule has 0 saturated carbocycles. The van der Waals surface area contributed by atoms with Crippen LogP contribution in [0.4, 0.5) is 4.79 Å². The molecule has 0 unspecified atom stereocenters. The van der Waals surface area contributed by atoms with Crippen molar-refractivity contribution in [3.05, 3.63) is 54.0 Å². The Morgan fingerprint density at radius 2 is 2.00 bits per heavy atom. The van der Waals surface area contributed by atoms with Crippen LogP contribution in [0.1, 0.15) is 19.2 Å². The van der Waals surface area contributed by atoms with Gasteiger partial charge in [0.05, 0.1) is 24.2 Å². The molecule has 1 aliphatic heterocycles. The highest BCUT2D eigenvalue weighted by Crippen LogP contribution is 2.27. The van der Waals surface area contributed by atoms with Crippen molar-refractivity contribution in [3.63, 3.8) is 0 Å². The quantitative estimate of drug-likeness (QED) is 0.554. The average Bonchev–Trinajstić information content (AvgIpc) is 3.30. The van der Waals surface area contributed by atoms with Crippen molar-refractivity contribution in [1.82, 2.24) is 25.1 Å². The predicted octanol–water partition coefficient (Wildman–Crippen LogP) is 3.62. The molecule has 0 saturated heterocycles. The second-order valence-corrected chi connectivity index (χ2v) is 7.00. The number of hydrogen-bond acceptors (Lipinski definition) is 8. The van der Waals surface area contributed by atoms with Crippen LogP contribution in [-0.2, 0) is 9.47 Å². The van der Waals surface area contributed by atoms with Gasteiger partial charge in [0.25, 0.3) is 5.89 Å². The van der Waals surface area contributed by atoms with E-state index in [1.165, 1.54) is 0 Å². The molecular weight excluding hydrogens is 398 g/mol. The monoisotopic (exact) mass is 423 g/mol. The van der Waals surface area contributed by atoms with Gasteiger partial charge in [0.1, 0.15) is 12.3 Å². The van der Waals surface area contributed by atoms with E-state index in [0.29, 0.717) is 49.3 Å². The molecule has 1 aliphatic rings. The van der Waals surface area contributed by atoms with E-state index in [1.807, 2.05) is 43.3 Å². The summed E-state index contributed by atoms with van der Waals surface area (Å²) in [5.74, 6) is 0.757. The van der Waals surface area contributed by atoms with Crippen molar-refractivity contribution in [2.45, 2.75) is 13.3 Å². The number of benzene rings is 1. The zero-order valence-corrected chi connectivity index (χ0v) is 17.4. The molecule has 0 N–H and O–H groups in total. The van der Waals surface area contributed by atoms with Gasteiger partial charge in [-0.2, -0.15) is 0 Å². The summed E-state index contributed by atoms with van der Waals surface area (Å²) in [6.07, 6.45) is 4.00. The highest BCUT2D eigenvalue weighted by Gasteiger charge is 2.21. The number of amides is 1. The molecule has 1 amide bonds. The van der Waals surface area contributed by atoms with Crippen LogP contribution in [0, 0.1) is 6.92 Å². The van der Waals surface area contributed by atoms with E-state index < -0.39 is 0 Å². The molecule has 9 heteroatoms. The molecule has 0 fully saturated rings. The van der Waals surface area contributed by atoms with Gasteiger partial charge < -0.3 is 18.8 Å². The van der Waals surface area contributed by atoms with E-state index in [4.69, 9.17) is 18.9 Å². The summed E-state index contributed by atoms with van der Waals surface area (Å²) in [7, 11) is 1.57. The van der Waals surface area contributed by atoms with Crippen LogP contribution in [0.25, 0.3) is 28.6 Å². The molecule has 0 atom stereocenters. The van der Waals surface area contributed by atoms with Crippen molar-refractivity contribution in [2.75, 3.05) is 33.4 Å². The first-order valence-corrected chi connectivity index (χ1v) is 9.98. The smallest absolute Gasteiger partial charge is 0.410 e. The van der Waals surface area contributed by atoms with Crippen LogP contribution in [0.5, 0.6) is 0 Å². The largest absolute Gasteiger partial charge is 0.447 e. The van der Waals surface area contributed by atoms with Gasteiger partial charge in [0, 0.05) is 27.2 Å². The third-order valence-corrected chi connectivity index (χ3v) is 4.91. The fraction of sp³-hybridized carbons (Fsp3) is 0.318. The second kappa shape index (κ2) is 9.48. The van der Waals surface area contributed by atoms with Gasteiger partial charge in [-0.05, 0) is 31.1 Å². The van der Waals surface area contributed by atoms with Gasteiger partial charge >= 0.3 is 6.09 Å². The van der Waals surface area contributed by atoms with Crippen LogP contribution in [0.3, 0.4) is 0 Å². The maximum Gasteiger partial charge on any atom is 0.410 e. The molecule has 2 aromatic heterocycles. The van der Waals surface area contributed by atoms with Crippen molar-refractivity contribution >= 4 is 11.7 Å². The van der Waals surface area contributed by atoms with Gasteiger partial charge in [-0.3, -0.25) is 4.98 Å². The Morgan fingerprint density at radius 3 is 2.74 bits per heavy atom. The molecule has 3 heterocycles. The van der Waals surface area contributed by atoms with Crippen molar-refractivity contribution in [1.29, 1.82) is 0 Å². The van der Waals surface area contributed by atoms with E-state index in [0.717, 1.165) is 16.8 Å². The van der Waals surface area contributed by atoms with E-state index in [9.17, 15) is 4.79 Å². The fourth-order valence-corrected chi connectivity index (χ4v) is 3.19. The highest BCUT2D eigenvalue weighted by atomic mass is 16.6. The molecule has 31 heavy (non-hydrogen) atoms.